The molecule has 0 radical (unpaired) electrons. The lowest BCUT2D eigenvalue weighted by Gasteiger charge is -2.07. The van der Waals surface area contributed by atoms with E-state index in [4.69, 9.17) is 10.5 Å². The van der Waals surface area contributed by atoms with Crippen molar-refractivity contribution in [3.63, 3.8) is 0 Å². The van der Waals surface area contributed by atoms with Crippen molar-refractivity contribution in [1.82, 2.24) is 4.98 Å². The van der Waals surface area contributed by atoms with Crippen LogP contribution in [-0.4, -0.2) is 11.6 Å². The second-order valence-electron chi connectivity index (χ2n) is 4.14. The molecule has 1 aromatic heterocycles. The van der Waals surface area contributed by atoms with Crippen LogP contribution in [0.2, 0.25) is 0 Å². The summed E-state index contributed by atoms with van der Waals surface area (Å²) in [4.78, 5) is 4.00. The Bertz CT molecular complexity index is 287. The fourth-order valence-electron chi connectivity index (χ4n) is 1.35. The summed E-state index contributed by atoms with van der Waals surface area (Å²) in [5, 5.41) is 0. The van der Waals surface area contributed by atoms with Crippen molar-refractivity contribution in [1.29, 1.82) is 0 Å². The molecule has 0 bridgehead atoms. The molecule has 0 fully saturated rings. The van der Waals surface area contributed by atoms with Gasteiger partial charge in [0, 0.05) is 18.4 Å². The Morgan fingerprint density at radius 2 is 2.27 bits per heavy atom. The standard InChI is InChI=1S/C12H20N2O/c1-10(2)5-4-8-15-9-11-6-3-7-14-12(11)13/h3,6-7,10H,4-5,8-9H2,1-2H3,(H2,13,14). The molecule has 3 heteroatoms. The lowest BCUT2D eigenvalue weighted by atomic mass is 10.1. The molecular formula is C12H20N2O. The molecule has 0 saturated carbocycles. The van der Waals surface area contributed by atoms with Crippen molar-refractivity contribution in [2.24, 2.45) is 5.92 Å². The molecule has 84 valence electrons. The summed E-state index contributed by atoms with van der Waals surface area (Å²) >= 11 is 0. The summed E-state index contributed by atoms with van der Waals surface area (Å²) in [6, 6.07) is 3.83. The van der Waals surface area contributed by atoms with E-state index in [1.807, 2.05) is 12.1 Å². The first-order valence-corrected chi connectivity index (χ1v) is 5.47. The zero-order chi connectivity index (χ0) is 11.1. The number of hydrogen-bond acceptors (Lipinski definition) is 3. The Kier molecular flexibility index (Phi) is 5.12. The van der Waals surface area contributed by atoms with Crippen LogP contribution in [0.4, 0.5) is 5.82 Å². The monoisotopic (exact) mass is 208 g/mol. The molecule has 0 spiro atoms. The van der Waals surface area contributed by atoms with Gasteiger partial charge >= 0.3 is 0 Å². The van der Waals surface area contributed by atoms with Crippen LogP contribution in [0.25, 0.3) is 0 Å². The molecule has 0 aromatic carbocycles. The number of anilines is 1. The summed E-state index contributed by atoms with van der Waals surface area (Å²) in [6.45, 7) is 5.81. The van der Waals surface area contributed by atoms with Gasteiger partial charge in [-0.3, -0.25) is 0 Å². The second-order valence-corrected chi connectivity index (χ2v) is 4.14. The molecular weight excluding hydrogens is 188 g/mol. The Hall–Kier alpha value is -1.09. The van der Waals surface area contributed by atoms with E-state index in [2.05, 4.69) is 18.8 Å². The second kappa shape index (κ2) is 6.40. The number of ether oxygens (including phenoxy) is 1. The van der Waals surface area contributed by atoms with Crippen molar-refractivity contribution >= 4 is 5.82 Å². The number of nitrogen functional groups attached to an aromatic ring is 1. The minimum absolute atomic E-state index is 0.567. The van der Waals surface area contributed by atoms with E-state index in [0.717, 1.165) is 24.5 Å². The van der Waals surface area contributed by atoms with Gasteiger partial charge in [0.1, 0.15) is 5.82 Å². The van der Waals surface area contributed by atoms with Gasteiger partial charge in [-0.1, -0.05) is 19.9 Å². The Morgan fingerprint density at radius 1 is 1.47 bits per heavy atom. The first kappa shape index (κ1) is 12.0. The molecule has 1 rings (SSSR count). The highest BCUT2D eigenvalue weighted by atomic mass is 16.5. The fraction of sp³-hybridized carbons (Fsp3) is 0.583. The topological polar surface area (TPSA) is 48.1 Å². The summed E-state index contributed by atoms with van der Waals surface area (Å²) in [7, 11) is 0. The Morgan fingerprint density at radius 3 is 2.93 bits per heavy atom. The van der Waals surface area contributed by atoms with E-state index in [1.54, 1.807) is 6.20 Å². The quantitative estimate of drug-likeness (QED) is 0.731. The third kappa shape index (κ3) is 4.79. The maximum Gasteiger partial charge on any atom is 0.128 e. The average Bonchev–Trinajstić information content (AvgIpc) is 2.20. The maximum atomic E-state index is 5.69. The summed E-state index contributed by atoms with van der Waals surface area (Å²) in [5.74, 6) is 1.32. The predicted molar refractivity (Wildman–Crippen MR) is 62.4 cm³/mol. The number of aromatic nitrogens is 1. The molecule has 0 unspecified atom stereocenters. The van der Waals surface area contributed by atoms with Gasteiger partial charge in [0.25, 0.3) is 0 Å². The van der Waals surface area contributed by atoms with Gasteiger partial charge in [0.15, 0.2) is 0 Å². The molecule has 15 heavy (non-hydrogen) atoms. The first-order valence-electron chi connectivity index (χ1n) is 5.47. The van der Waals surface area contributed by atoms with E-state index in [9.17, 15) is 0 Å². The van der Waals surface area contributed by atoms with Crippen LogP contribution in [0.3, 0.4) is 0 Å². The third-order valence-electron chi connectivity index (χ3n) is 2.25. The van der Waals surface area contributed by atoms with Crippen molar-refractivity contribution < 1.29 is 4.74 Å². The molecule has 0 aliphatic carbocycles. The van der Waals surface area contributed by atoms with Crippen LogP contribution in [0, 0.1) is 5.92 Å². The minimum Gasteiger partial charge on any atom is -0.383 e. The highest BCUT2D eigenvalue weighted by Gasteiger charge is 1.99. The third-order valence-corrected chi connectivity index (χ3v) is 2.25. The molecule has 2 N–H and O–H groups in total. The highest BCUT2D eigenvalue weighted by molar-refractivity contribution is 5.37. The largest absolute Gasteiger partial charge is 0.383 e. The summed E-state index contributed by atoms with van der Waals surface area (Å²) in [5.41, 5.74) is 6.67. The maximum absolute atomic E-state index is 5.69. The zero-order valence-electron chi connectivity index (χ0n) is 9.57. The van der Waals surface area contributed by atoms with Gasteiger partial charge in [0.2, 0.25) is 0 Å². The van der Waals surface area contributed by atoms with Crippen LogP contribution < -0.4 is 5.73 Å². The summed E-state index contributed by atoms with van der Waals surface area (Å²) < 4.78 is 5.53. The highest BCUT2D eigenvalue weighted by Crippen LogP contribution is 2.09. The van der Waals surface area contributed by atoms with Gasteiger partial charge in [-0.2, -0.15) is 0 Å². The number of nitrogens with two attached hydrogens (primary N) is 1. The first-order chi connectivity index (χ1) is 7.20. The zero-order valence-corrected chi connectivity index (χ0v) is 9.57. The van der Waals surface area contributed by atoms with Crippen LogP contribution in [0.5, 0.6) is 0 Å². The predicted octanol–water partition coefficient (Wildman–Crippen LogP) is 2.62. The van der Waals surface area contributed by atoms with E-state index >= 15 is 0 Å². The van der Waals surface area contributed by atoms with E-state index in [-0.39, 0.29) is 0 Å². The minimum atomic E-state index is 0.567. The van der Waals surface area contributed by atoms with E-state index < -0.39 is 0 Å². The Labute approximate surface area is 91.7 Å². The average molecular weight is 208 g/mol. The van der Waals surface area contributed by atoms with E-state index in [0.29, 0.717) is 12.4 Å². The fourth-order valence-corrected chi connectivity index (χ4v) is 1.35. The number of hydrogen-bond donors (Lipinski definition) is 1. The lowest BCUT2D eigenvalue weighted by Crippen LogP contribution is -2.01. The van der Waals surface area contributed by atoms with Crippen molar-refractivity contribution in [3.8, 4) is 0 Å². The normalized spacial score (nSPS) is 10.9. The summed E-state index contributed by atoms with van der Waals surface area (Å²) in [6.07, 6.45) is 4.01. The molecule has 1 heterocycles. The van der Waals surface area contributed by atoms with Crippen LogP contribution in [-0.2, 0) is 11.3 Å². The molecule has 0 aliphatic rings. The van der Waals surface area contributed by atoms with Crippen LogP contribution >= 0.6 is 0 Å². The smallest absolute Gasteiger partial charge is 0.128 e. The SMILES string of the molecule is CC(C)CCCOCc1cccnc1N. The van der Waals surface area contributed by atoms with Gasteiger partial charge in [-0.25, -0.2) is 4.98 Å². The Balaban J connectivity index is 2.18. The lowest BCUT2D eigenvalue weighted by molar-refractivity contribution is 0.115. The van der Waals surface area contributed by atoms with Crippen LogP contribution in [0.1, 0.15) is 32.3 Å². The van der Waals surface area contributed by atoms with Crippen molar-refractivity contribution in [2.45, 2.75) is 33.3 Å². The van der Waals surface area contributed by atoms with Gasteiger partial charge in [-0.05, 0) is 24.8 Å². The van der Waals surface area contributed by atoms with Crippen molar-refractivity contribution in [3.05, 3.63) is 23.9 Å². The molecule has 0 amide bonds. The van der Waals surface area contributed by atoms with Gasteiger partial charge in [-0.15, -0.1) is 0 Å². The molecule has 1 aromatic rings. The van der Waals surface area contributed by atoms with Crippen LogP contribution in [0.15, 0.2) is 18.3 Å². The van der Waals surface area contributed by atoms with Gasteiger partial charge in [0.05, 0.1) is 6.61 Å². The molecule has 0 atom stereocenters. The molecule has 3 nitrogen and oxygen atoms in total. The molecule has 0 aliphatic heterocycles. The number of nitrogens with zero attached hydrogens (tertiary/aromatic N) is 1. The van der Waals surface area contributed by atoms with Gasteiger partial charge < -0.3 is 10.5 Å². The number of rotatable bonds is 6. The molecule has 0 saturated heterocycles. The number of pyridine rings is 1. The van der Waals surface area contributed by atoms with E-state index in [1.165, 1.54) is 6.42 Å². The van der Waals surface area contributed by atoms with Crippen molar-refractivity contribution in [2.75, 3.05) is 12.3 Å².